The van der Waals surface area contributed by atoms with Crippen LogP contribution in [0.4, 0.5) is 11.4 Å². The van der Waals surface area contributed by atoms with Crippen LogP contribution in [0.3, 0.4) is 0 Å². The molecule has 0 aliphatic heterocycles. The maximum absolute atomic E-state index is 12.5. The number of hydrogen-bond donors (Lipinski definition) is 3. The second-order valence-corrected chi connectivity index (χ2v) is 8.60. The zero-order valence-corrected chi connectivity index (χ0v) is 19.8. The predicted molar refractivity (Wildman–Crippen MR) is 143 cm³/mol. The Morgan fingerprint density at radius 3 is 2.58 bits per heavy atom. The topological polar surface area (TPSA) is 91.3 Å². The second kappa shape index (κ2) is 10.7. The van der Waals surface area contributed by atoms with Gasteiger partial charge in [-0.05, 0) is 67.3 Å². The van der Waals surface area contributed by atoms with E-state index >= 15 is 0 Å². The lowest BCUT2D eigenvalue weighted by Gasteiger charge is -2.12. The summed E-state index contributed by atoms with van der Waals surface area (Å²) < 4.78 is 1.94. The lowest BCUT2D eigenvalue weighted by atomic mass is 10.1. The molecule has 1 amide bonds. The summed E-state index contributed by atoms with van der Waals surface area (Å²) in [5.41, 5.74) is 5.89. The van der Waals surface area contributed by atoms with Gasteiger partial charge in [-0.25, -0.2) is 4.98 Å². The molecule has 5 rings (SSSR count). The monoisotopic (exact) mass is 477 g/mol. The standard InChI is InChI=1S/C29H27N5O2/c35-27-20-23(15-17-30-27)26-14-13-25(28-31-18-19-34(26)28)33-24-11-9-22(10-12-24)29(36)32-16-5-4-8-21-6-2-1-3-7-21/h1-3,6-7,9-15,17-20,33H,4-5,8,16H2,(H,30,35)(H,32,36). The highest BCUT2D eigenvalue weighted by atomic mass is 16.1. The van der Waals surface area contributed by atoms with E-state index in [9.17, 15) is 9.59 Å². The number of aromatic nitrogens is 3. The Morgan fingerprint density at radius 1 is 0.944 bits per heavy atom. The third-order valence-corrected chi connectivity index (χ3v) is 6.07. The highest BCUT2D eigenvalue weighted by Crippen LogP contribution is 2.27. The van der Waals surface area contributed by atoms with Gasteiger partial charge >= 0.3 is 0 Å². The lowest BCUT2D eigenvalue weighted by Crippen LogP contribution is -2.24. The molecule has 3 N–H and O–H groups in total. The number of nitrogens with one attached hydrogen (secondary N) is 3. The number of aryl methyl sites for hydroxylation is 1. The molecule has 0 radical (unpaired) electrons. The summed E-state index contributed by atoms with van der Waals surface area (Å²) in [4.78, 5) is 31.4. The minimum Gasteiger partial charge on any atom is -0.352 e. The molecule has 0 fully saturated rings. The van der Waals surface area contributed by atoms with E-state index in [4.69, 9.17) is 0 Å². The summed E-state index contributed by atoms with van der Waals surface area (Å²) in [6.07, 6.45) is 8.22. The summed E-state index contributed by atoms with van der Waals surface area (Å²) in [5.74, 6) is -0.0703. The molecule has 7 heteroatoms. The van der Waals surface area contributed by atoms with Crippen molar-refractivity contribution < 1.29 is 4.79 Å². The van der Waals surface area contributed by atoms with Gasteiger partial charge in [0.25, 0.3) is 5.91 Å². The zero-order chi connectivity index (χ0) is 24.7. The van der Waals surface area contributed by atoms with Crippen LogP contribution in [0, 0.1) is 0 Å². The Hall–Kier alpha value is -4.65. The second-order valence-electron chi connectivity index (χ2n) is 8.60. The number of unbranched alkanes of at least 4 members (excludes halogenated alkanes) is 1. The molecule has 0 unspecified atom stereocenters. The van der Waals surface area contributed by atoms with Crippen LogP contribution >= 0.6 is 0 Å². The van der Waals surface area contributed by atoms with Gasteiger partial charge in [0.2, 0.25) is 5.56 Å². The fourth-order valence-corrected chi connectivity index (χ4v) is 4.21. The summed E-state index contributed by atoms with van der Waals surface area (Å²) in [6, 6.07) is 25.1. The Morgan fingerprint density at radius 2 is 1.78 bits per heavy atom. The fraction of sp³-hybridized carbons (Fsp3) is 0.138. The highest BCUT2D eigenvalue weighted by molar-refractivity contribution is 5.94. The normalized spacial score (nSPS) is 10.9. The van der Waals surface area contributed by atoms with E-state index in [1.165, 1.54) is 5.56 Å². The first-order valence-corrected chi connectivity index (χ1v) is 12.0. The van der Waals surface area contributed by atoms with Gasteiger partial charge in [0.15, 0.2) is 5.65 Å². The van der Waals surface area contributed by atoms with Crippen LogP contribution in [0.5, 0.6) is 0 Å². The fourth-order valence-electron chi connectivity index (χ4n) is 4.21. The maximum atomic E-state index is 12.5. The van der Waals surface area contributed by atoms with Crippen LogP contribution in [0.15, 0.2) is 102 Å². The number of nitrogens with zero attached hydrogens (tertiary/aromatic N) is 2. The maximum Gasteiger partial charge on any atom is 0.251 e. The van der Waals surface area contributed by atoms with Gasteiger partial charge in [0.1, 0.15) is 0 Å². The molecule has 0 saturated carbocycles. The van der Waals surface area contributed by atoms with Gasteiger partial charge in [0, 0.05) is 48.0 Å². The third kappa shape index (κ3) is 5.36. The highest BCUT2D eigenvalue weighted by Gasteiger charge is 2.10. The van der Waals surface area contributed by atoms with Crippen molar-refractivity contribution in [2.24, 2.45) is 0 Å². The number of aromatic amines is 1. The number of fused-ring (bicyclic) bond motifs is 1. The summed E-state index contributed by atoms with van der Waals surface area (Å²) in [6.45, 7) is 0.656. The Bertz CT molecular complexity index is 1520. The molecular weight excluding hydrogens is 450 g/mol. The van der Waals surface area contributed by atoms with Crippen molar-refractivity contribution >= 4 is 22.9 Å². The van der Waals surface area contributed by atoms with Crippen LogP contribution in [-0.4, -0.2) is 26.8 Å². The Kier molecular flexibility index (Phi) is 6.89. The zero-order valence-electron chi connectivity index (χ0n) is 19.8. The first-order valence-electron chi connectivity index (χ1n) is 12.0. The van der Waals surface area contributed by atoms with E-state index in [1.54, 1.807) is 18.5 Å². The third-order valence-electron chi connectivity index (χ3n) is 6.07. The molecule has 5 aromatic rings. The van der Waals surface area contributed by atoms with Gasteiger partial charge in [0.05, 0.1) is 11.4 Å². The molecule has 0 saturated heterocycles. The number of amides is 1. The van der Waals surface area contributed by atoms with Crippen LogP contribution in [0.25, 0.3) is 16.9 Å². The molecule has 7 nitrogen and oxygen atoms in total. The van der Waals surface area contributed by atoms with Crippen LogP contribution in [0.2, 0.25) is 0 Å². The SMILES string of the molecule is O=C(NCCCCc1ccccc1)c1ccc(Nc2ccc(-c3cc[nH]c(=O)c3)n3ccnc23)cc1. The number of rotatable bonds is 9. The van der Waals surface area contributed by atoms with Gasteiger partial charge < -0.3 is 15.6 Å². The van der Waals surface area contributed by atoms with Crippen molar-refractivity contribution in [3.05, 3.63) is 119 Å². The number of benzene rings is 2. The average Bonchev–Trinajstić information content (AvgIpc) is 3.40. The predicted octanol–water partition coefficient (Wildman–Crippen LogP) is 5.19. The molecular formula is C29H27N5O2. The van der Waals surface area contributed by atoms with Gasteiger partial charge in [-0.1, -0.05) is 30.3 Å². The summed E-state index contributed by atoms with van der Waals surface area (Å²) >= 11 is 0. The average molecular weight is 478 g/mol. The number of anilines is 2. The number of hydrogen-bond acceptors (Lipinski definition) is 4. The van der Waals surface area contributed by atoms with Gasteiger partial charge in [-0.2, -0.15) is 0 Å². The number of H-pyrrole nitrogens is 1. The van der Waals surface area contributed by atoms with Crippen LogP contribution in [-0.2, 0) is 6.42 Å². The molecule has 0 aliphatic rings. The Labute approximate surface area is 208 Å². The lowest BCUT2D eigenvalue weighted by molar-refractivity contribution is 0.0953. The van der Waals surface area contributed by atoms with Crippen LogP contribution < -0.4 is 16.2 Å². The molecule has 0 aliphatic carbocycles. The summed E-state index contributed by atoms with van der Waals surface area (Å²) in [5, 5.41) is 6.39. The largest absolute Gasteiger partial charge is 0.352 e. The van der Waals surface area contributed by atoms with Crippen molar-refractivity contribution in [2.45, 2.75) is 19.3 Å². The molecule has 36 heavy (non-hydrogen) atoms. The van der Waals surface area contributed by atoms with E-state index in [1.807, 2.05) is 59.1 Å². The minimum atomic E-state index is -0.153. The molecule has 180 valence electrons. The molecule has 0 atom stereocenters. The number of pyridine rings is 2. The van der Waals surface area contributed by atoms with E-state index < -0.39 is 0 Å². The van der Waals surface area contributed by atoms with Gasteiger partial charge in [-0.3, -0.25) is 14.0 Å². The molecule has 3 aromatic heterocycles. The summed E-state index contributed by atoms with van der Waals surface area (Å²) in [7, 11) is 0. The first-order chi connectivity index (χ1) is 17.7. The first kappa shape index (κ1) is 23.1. The minimum absolute atomic E-state index is 0.0703. The van der Waals surface area contributed by atoms with E-state index in [0.717, 1.165) is 47.5 Å². The smallest absolute Gasteiger partial charge is 0.251 e. The molecule has 0 spiro atoms. The Balaban J connectivity index is 1.19. The van der Waals surface area contributed by atoms with E-state index in [-0.39, 0.29) is 11.5 Å². The van der Waals surface area contributed by atoms with Gasteiger partial charge in [-0.15, -0.1) is 0 Å². The van der Waals surface area contributed by atoms with Crippen molar-refractivity contribution in [1.29, 1.82) is 0 Å². The van der Waals surface area contributed by atoms with Crippen molar-refractivity contribution in [2.75, 3.05) is 11.9 Å². The molecule has 0 bridgehead atoms. The van der Waals surface area contributed by atoms with E-state index in [0.29, 0.717) is 12.1 Å². The number of carbonyl (C=O) groups is 1. The number of imidazole rings is 1. The van der Waals surface area contributed by atoms with Crippen molar-refractivity contribution in [3.63, 3.8) is 0 Å². The van der Waals surface area contributed by atoms with E-state index in [2.05, 4.69) is 44.9 Å². The van der Waals surface area contributed by atoms with Crippen molar-refractivity contribution in [1.82, 2.24) is 19.7 Å². The molecule has 2 aromatic carbocycles. The van der Waals surface area contributed by atoms with Crippen molar-refractivity contribution in [3.8, 4) is 11.3 Å². The number of carbonyl (C=O) groups excluding carboxylic acids is 1. The van der Waals surface area contributed by atoms with Crippen LogP contribution in [0.1, 0.15) is 28.8 Å². The quantitative estimate of drug-likeness (QED) is 0.255. The molecule has 3 heterocycles.